The van der Waals surface area contributed by atoms with E-state index >= 15 is 0 Å². The highest BCUT2D eigenvalue weighted by atomic mass is 15.1. The van der Waals surface area contributed by atoms with Gasteiger partial charge in [0.2, 0.25) is 0 Å². The molecule has 11 aromatic rings. The van der Waals surface area contributed by atoms with E-state index in [1.165, 1.54) is 94.3 Å². The molecular weight excluding hydrogens is 785 g/mol. The summed E-state index contributed by atoms with van der Waals surface area (Å²) in [5, 5.41) is 2.50. The largest absolute Gasteiger partial charge is 0.310 e. The molecule has 0 unspecified atom stereocenters. The predicted molar refractivity (Wildman–Crippen MR) is 275 cm³/mol. The van der Waals surface area contributed by atoms with Crippen LogP contribution in [0.1, 0.15) is 25.0 Å². The van der Waals surface area contributed by atoms with E-state index in [0.717, 1.165) is 17.1 Å². The van der Waals surface area contributed by atoms with Crippen LogP contribution in [0.4, 0.5) is 17.1 Å². The summed E-state index contributed by atoms with van der Waals surface area (Å²) in [5.41, 5.74) is 21.8. The van der Waals surface area contributed by atoms with Gasteiger partial charge in [0.15, 0.2) is 0 Å². The summed E-state index contributed by atoms with van der Waals surface area (Å²) in [7, 11) is 0. The van der Waals surface area contributed by atoms with Crippen LogP contribution in [0.15, 0.2) is 243 Å². The molecule has 0 spiro atoms. The zero-order valence-corrected chi connectivity index (χ0v) is 36.5. The number of hydrogen-bond acceptors (Lipinski definition) is 1. The first kappa shape index (κ1) is 38.5. The molecule has 2 heteroatoms. The number of anilines is 3. The Morgan fingerprint density at radius 3 is 1.51 bits per heavy atom. The smallest absolute Gasteiger partial charge is 0.0541 e. The molecule has 0 saturated heterocycles. The molecule has 2 nitrogen and oxygen atoms in total. The second kappa shape index (κ2) is 15.6. The third-order valence-corrected chi connectivity index (χ3v) is 13.6. The Balaban J connectivity index is 0.972. The molecular formula is C63H46N2. The molecule has 0 N–H and O–H groups in total. The highest BCUT2D eigenvalue weighted by molar-refractivity contribution is 6.10. The minimum absolute atomic E-state index is 0.0962. The molecule has 0 amide bonds. The Bertz CT molecular complexity index is 3520. The molecule has 12 rings (SSSR count). The highest BCUT2D eigenvalue weighted by Crippen LogP contribution is 2.54. The predicted octanol–water partition coefficient (Wildman–Crippen LogP) is 17.2. The molecule has 0 fully saturated rings. The van der Waals surface area contributed by atoms with Crippen LogP contribution in [0, 0.1) is 0 Å². The monoisotopic (exact) mass is 830 g/mol. The lowest BCUT2D eigenvalue weighted by Gasteiger charge is -2.29. The van der Waals surface area contributed by atoms with Crippen LogP contribution in [0.2, 0.25) is 0 Å². The second-order valence-electron chi connectivity index (χ2n) is 17.7. The van der Waals surface area contributed by atoms with Crippen molar-refractivity contribution in [1.29, 1.82) is 0 Å². The first-order valence-corrected chi connectivity index (χ1v) is 22.6. The van der Waals surface area contributed by atoms with E-state index in [0.29, 0.717) is 0 Å². The van der Waals surface area contributed by atoms with Gasteiger partial charge in [-0.2, -0.15) is 0 Å². The van der Waals surface area contributed by atoms with Crippen LogP contribution in [-0.2, 0) is 5.41 Å². The summed E-state index contributed by atoms with van der Waals surface area (Å²) in [6.45, 7) is 4.72. The number of rotatable bonds is 8. The van der Waals surface area contributed by atoms with Gasteiger partial charge in [-0.1, -0.05) is 196 Å². The van der Waals surface area contributed by atoms with Crippen molar-refractivity contribution < 1.29 is 0 Å². The number of nitrogens with zero attached hydrogens (tertiary/aromatic N) is 2. The van der Waals surface area contributed by atoms with Crippen molar-refractivity contribution in [2.45, 2.75) is 19.3 Å². The van der Waals surface area contributed by atoms with Gasteiger partial charge in [-0.3, -0.25) is 0 Å². The van der Waals surface area contributed by atoms with Crippen molar-refractivity contribution >= 4 is 38.9 Å². The van der Waals surface area contributed by atoms with Crippen LogP contribution < -0.4 is 4.90 Å². The van der Waals surface area contributed by atoms with Gasteiger partial charge in [-0.05, 0) is 122 Å². The zero-order valence-electron chi connectivity index (χ0n) is 36.5. The molecule has 308 valence electrons. The van der Waals surface area contributed by atoms with E-state index in [1.54, 1.807) is 0 Å². The first-order chi connectivity index (χ1) is 32.0. The van der Waals surface area contributed by atoms with Gasteiger partial charge in [0.1, 0.15) is 0 Å². The lowest BCUT2D eigenvalue weighted by molar-refractivity contribution is 0.660. The normalized spacial score (nSPS) is 12.6. The number of para-hydroxylation sites is 3. The summed E-state index contributed by atoms with van der Waals surface area (Å²) < 4.78 is 2.37. The quantitative estimate of drug-likeness (QED) is 0.148. The van der Waals surface area contributed by atoms with Crippen LogP contribution >= 0.6 is 0 Å². The van der Waals surface area contributed by atoms with Crippen molar-refractivity contribution in [3.63, 3.8) is 0 Å². The van der Waals surface area contributed by atoms with Gasteiger partial charge in [0.25, 0.3) is 0 Å². The molecule has 1 heterocycles. The van der Waals surface area contributed by atoms with Crippen LogP contribution in [0.5, 0.6) is 0 Å². The maximum atomic E-state index is 2.43. The van der Waals surface area contributed by atoms with E-state index in [-0.39, 0.29) is 5.41 Å². The molecule has 0 radical (unpaired) electrons. The van der Waals surface area contributed by atoms with Gasteiger partial charge < -0.3 is 9.47 Å². The van der Waals surface area contributed by atoms with Gasteiger partial charge >= 0.3 is 0 Å². The van der Waals surface area contributed by atoms with Gasteiger partial charge in [-0.15, -0.1) is 0 Å². The fourth-order valence-electron chi connectivity index (χ4n) is 10.4. The van der Waals surface area contributed by atoms with Crippen molar-refractivity contribution in [3.8, 4) is 61.3 Å². The Kier molecular flexibility index (Phi) is 9.21. The van der Waals surface area contributed by atoms with E-state index in [4.69, 9.17) is 0 Å². The minimum Gasteiger partial charge on any atom is -0.310 e. The number of hydrogen-bond donors (Lipinski definition) is 0. The molecule has 1 aromatic heterocycles. The number of fused-ring (bicyclic) bond motifs is 6. The topological polar surface area (TPSA) is 8.17 Å². The van der Waals surface area contributed by atoms with Gasteiger partial charge in [0, 0.05) is 38.8 Å². The number of benzene rings is 10. The molecule has 65 heavy (non-hydrogen) atoms. The summed E-state index contributed by atoms with van der Waals surface area (Å²) in [6.07, 6.45) is 0. The van der Waals surface area contributed by atoms with Crippen molar-refractivity contribution in [2.24, 2.45) is 0 Å². The first-order valence-electron chi connectivity index (χ1n) is 22.6. The fourth-order valence-corrected chi connectivity index (χ4v) is 10.4. The average molecular weight is 831 g/mol. The molecule has 0 atom stereocenters. The third kappa shape index (κ3) is 6.49. The van der Waals surface area contributed by atoms with E-state index < -0.39 is 0 Å². The molecule has 0 bridgehead atoms. The maximum absolute atomic E-state index is 2.43. The molecule has 1 aliphatic carbocycles. The Labute approximate surface area is 381 Å². The number of aromatic nitrogens is 1. The maximum Gasteiger partial charge on any atom is 0.0541 e. The lowest BCUT2D eigenvalue weighted by atomic mass is 9.82. The lowest BCUT2D eigenvalue weighted by Crippen LogP contribution is -2.14. The molecule has 0 saturated carbocycles. The third-order valence-electron chi connectivity index (χ3n) is 13.6. The van der Waals surface area contributed by atoms with Crippen molar-refractivity contribution in [2.75, 3.05) is 4.90 Å². The van der Waals surface area contributed by atoms with E-state index in [9.17, 15) is 0 Å². The molecule has 1 aliphatic rings. The average Bonchev–Trinajstić information content (AvgIpc) is 3.83. The summed E-state index contributed by atoms with van der Waals surface area (Å²) in [6, 6.07) is 88.7. The van der Waals surface area contributed by atoms with Gasteiger partial charge in [0.05, 0.1) is 16.7 Å². The standard InChI is InChI=1S/C63H46N2/c1-63(2)57-24-12-9-22-55(57)62-54(23-15-25-58(62)63)52-20-10-13-26-59(52)64(50-37-32-46(33-38-50)45-30-28-44(29-31-45)43-16-5-3-6-17-43)51-39-34-47(35-40-51)48-36-41-61-56(42-48)53-21-11-14-27-60(53)65(61)49-18-7-4-8-19-49/h3-42H,1-2H3. The Morgan fingerprint density at radius 1 is 0.338 bits per heavy atom. The fraction of sp³-hybridized carbons (Fsp3) is 0.0476. The minimum atomic E-state index is -0.0962. The van der Waals surface area contributed by atoms with E-state index in [1.807, 2.05) is 0 Å². The summed E-state index contributed by atoms with van der Waals surface area (Å²) in [5.74, 6) is 0. The van der Waals surface area contributed by atoms with Crippen LogP contribution in [0.25, 0.3) is 83.1 Å². The zero-order chi connectivity index (χ0) is 43.5. The van der Waals surface area contributed by atoms with Crippen LogP contribution in [-0.4, -0.2) is 4.57 Å². The van der Waals surface area contributed by atoms with Crippen LogP contribution in [0.3, 0.4) is 0 Å². The van der Waals surface area contributed by atoms with E-state index in [2.05, 4.69) is 266 Å². The molecule has 0 aliphatic heterocycles. The van der Waals surface area contributed by atoms with Crippen molar-refractivity contribution in [1.82, 2.24) is 4.57 Å². The summed E-state index contributed by atoms with van der Waals surface area (Å²) >= 11 is 0. The second-order valence-corrected chi connectivity index (χ2v) is 17.7. The molecule has 10 aromatic carbocycles. The van der Waals surface area contributed by atoms with Gasteiger partial charge in [-0.25, -0.2) is 0 Å². The Hall–Kier alpha value is -8.20. The highest BCUT2D eigenvalue weighted by Gasteiger charge is 2.37. The Morgan fingerprint density at radius 2 is 0.815 bits per heavy atom. The SMILES string of the molecule is CC1(C)c2ccccc2-c2c(-c3ccccc3N(c3ccc(-c4ccc(-c5ccccc5)cc4)cc3)c3ccc(-c4ccc5c(c4)c4ccccc4n5-c4ccccc4)cc3)cccc21. The van der Waals surface area contributed by atoms with Crippen molar-refractivity contribution in [3.05, 3.63) is 254 Å². The summed E-state index contributed by atoms with van der Waals surface area (Å²) in [4.78, 5) is 2.43.